The molecule has 6 aromatic rings. The van der Waals surface area contributed by atoms with Gasteiger partial charge in [0.2, 0.25) is 0 Å². The second-order valence-electron chi connectivity index (χ2n) is 24.9. The normalized spacial score (nSPS) is 15.9. The van der Waals surface area contributed by atoms with Crippen LogP contribution in [0.15, 0.2) is 172 Å². The number of thioether (sulfide) groups is 6. The Hall–Kier alpha value is -6.03. The lowest BCUT2D eigenvalue weighted by molar-refractivity contribution is -0.141. The van der Waals surface area contributed by atoms with Gasteiger partial charge in [0.15, 0.2) is 17.3 Å². The van der Waals surface area contributed by atoms with Gasteiger partial charge < -0.3 is 29.5 Å². The second-order valence-corrected chi connectivity index (χ2v) is 34.4. The Labute approximate surface area is 678 Å². The van der Waals surface area contributed by atoms with Crippen LogP contribution in [0.4, 0.5) is 8.78 Å². The Morgan fingerprint density at radius 2 is 0.860 bits per heavy atom. The Balaban J connectivity index is 0.000000272. The third kappa shape index (κ3) is 30.6. The molecule has 0 fully saturated rings. The van der Waals surface area contributed by atoms with Gasteiger partial charge in [0, 0.05) is 85.0 Å². The van der Waals surface area contributed by atoms with Crippen LogP contribution in [0.3, 0.4) is 0 Å². The zero-order chi connectivity index (χ0) is 80.0. The molecular weight excluding hydrogens is 1640 g/mol. The molecule has 0 aliphatic carbocycles. The molecule has 3 heterocycles. The summed E-state index contributed by atoms with van der Waals surface area (Å²) < 4.78 is 41.1. The molecule has 0 aromatic heterocycles. The number of Topliss-reactive ketones (excluding diaryl/α,β-unsaturated/α-hetero) is 6. The number of carbonyl (C=O) groups excluding carboxylic acids is 9. The molecule has 107 heavy (non-hydrogen) atoms. The first-order valence-corrected chi connectivity index (χ1v) is 41.5. The number of rotatable bonds is 24. The topological polar surface area (TPSA) is 242 Å². The van der Waals surface area contributed by atoms with Crippen molar-refractivity contribution in [2.75, 3.05) is 55.8 Å². The Morgan fingerprint density at radius 1 is 0.467 bits per heavy atom. The molecule has 0 saturated carbocycles. The lowest BCUT2D eigenvalue weighted by Gasteiger charge is -2.20. The van der Waals surface area contributed by atoms with Crippen molar-refractivity contribution in [2.24, 2.45) is 0 Å². The van der Waals surface area contributed by atoms with Crippen LogP contribution >= 0.6 is 133 Å². The molecule has 9 rings (SSSR count). The molecule has 0 saturated heterocycles. The van der Waals surface area contributed by atoms with E-state index < -0.39 is 39.5 Å². The van der Waals surface area contributed by atoms with Crippen LogP contribution < -0.4 is 0 Å². The summed E-state index contributed by atoms with van der Waals surface area (Å²) >= 11 is 35.7. The van der Waals surface area contributed by atoms with Gasteiger partial charge in [0.05, 0.1) is 47.1 Å². The zero-order valence-corrected chi connectivity index (χ0v) is 70.4. The predicted octanol–water partition coefficient (Wildman–Crippen LogP) is 21.4. The number of hydrogen-bond acceptors (Lipinski definition) is 21. The highest BCUT2D eigenvalue weighted by Crippen LogP contribution is 2.47. The number of methoxy groups -OCH3 is 3. The van der Waals surface area contributed by atoms with E-state index in [1.165, 1.54) is 140 Å². The molecule has 0 spiro atoms. The number of aliphatic hydroxyl groups excluding tert-OH is 3. The minimum absolute atomic E-state index is 0.0289. The standard InChI is InChI=1S/C16H20O2S.C13H14Cl2O3S.2C13H15FO3S.C12H11BrO2S.C12H10Cl2O2S/c1-10(17)13-9-19-15(14(13)18)11-5-7-12(8-6-11)16(2,3)4;1-8(16)5-6-19-12(13(17)18-2)10-4-3-9(14)7-11(10)15;1-9(15)7-8-18-12(13(16)17-2)10-3-5-11(14)6-4-10;1-9(15)6-7-18-12(13(16)17-2)10-4-3-5-11(14)8-10;1-7(14)10-6-16-12(11(10)15)8-2-4-9(13)5-3-8;1-6(15)8-5-17-12(11(8)16)7-2-3-9(13)10(14)4-7/h5-8,15,18H,9H2,1-4H3;3-4,7,12H,5-6H2,1-2H3;3-6,12H,7-8H2,1-2H3;3-5,8,12H,6-7H2,1-2H3;2-5,12,15H,6H2,1H3;2-4,12,16H,5H2,1H3. The molecule has 0 radical (unpaired) electrons. The molecule has 0 bridgehead atoms. The van der Waals surface area contributed by atoms with Gasteiger partial charge in [-0.05, 0) is 147 Å². The van der Waals surface area contributed by atoms with Crippen molar-refractivity contribution in [3.63, 3.8) is 0 Å². The van der Waals surface area contributed by atoms with Gasteiger partial charge in [-0.1, -0.05) is 156 Å². The average Bonchev–Trinajstić information content (AvgIpc) is 1.71. The maximum atomic E-state index is 13.1. The molecule has 28 heteroatoms. The first-order valence-electron chi connectivity index (χ1n) is 32.9. The first-order chi connectivity index (χ1) is 50.4. The highest BCUT2D eigenvalue weighted by molar-refractivity contribution is 9.10. The van der Waals surface area contributed by atoms with Gasteiger partial charge in [-0.25, -0.2) is 8.78 Å². The summed E-state index contributed by atoms with van der Waals surface area (Å²) in [6.07, 6.45) is 1.19. The third-order valence-electron chi connectivity index (χ3n) is 15.7. The molecule has 3 aliphatic rings. The van der Waals surface area contributed by atoms with Crippen molar-refractivity contribution in [3.05, 3.63) is 243 Å². The maximum Gasteiger partial charge on any atom is 0.323 e. The van der Waals surface area contributed by atoms with E-state index >= 15 is 0 Å². The van der Waals surface area contributed by atoms with Gasteiger partial charge in [-0.3, -0.25) is 43.2 Å². The van der Waals surface area contributed by atoms with Crippen molar-refractivity contribution >= 4 is 186 Å². The summed E-state index contributed by atoms with van der Waals surface area (Å²) in [5.41, 5.74) is 7.84. The van der Waals surface area contributed by atoms with Crippen molar-refractivity contribution in [1.82, 2.24) is 0 Å². The Bertz CT molecular complexity index is 4190. The van der Waals surface area contributed by atoms with E-state index in [4.69, 9.17) is 60.6 Å². The van der Waals surface area contributed by atoms with Crippen LogP contribution in [0.2, 0.25) is 20.1 Å². The first kappa shape index (κ1) is 93.4. The highest BCUT2D eigenvalue weighted by atomic mass is 79.9. The maximum absolute atomic E-state index is 13.1. The van der Waals surface area contributed by atoms with E-state index in [1.807, 2.05) is 30.3 Å². The predicted molar refractivity (Wildman–Crippen MR) is 439 cm³/mol. The number of esters is 3. The Morgan fingerprint density at radius 3 is 1.23 bits per heavy atom. The third-order valence-corrected chi connectivity index (χ3v) is 25.0. The average molecular weight is 1730 g/mol. The number of benzene rings is 6. The molecular formula is C79H85BrCl4F2O15S6. The van der Waals surface area contributed by atoms with Crippen molar-refractivity contribution in [2.45, 2.75) is 118 Å². The molecule has 6 unspecified atom stereocenters. The number of halogens is 7. The summed E-state index contributed by atoms with van der Waals surface area (Å²) in [5.74, 6) is 2.01. The lowest BCUT2D eigenvalue weighted by atomic mass is 9.86. The number of aliphatic hydroxyl groups is 3. The lowest BCUT2D eigenvalue weighted by Crippen LogP contribution is -2.12. The number of hydrogen-bond donors (Lipinski definition) is 3. The number of carbonyl (C=O) groups is 9. The largest absolute Gasteiger partial charge is 0.510 e. The summed E-state index contributed by atoms with van der Waals surface area (Å²) in [7, 11) is 3.93. The van der Waals surface area contributed by atoms with E-state index in [-0.39, 0.29) is 79.0 Å². The fourth-order valence-corrected chi connectivity index (χ4v) is 18.5. The van der Waals surface area contributed by atoms with E-state index in [0.29, 0.717) is 107 Å². The van der Waals surface area contributed by atoms with Gasteiger partial charge in [0.1, 0.15) is 62.0 Å². The van der Waals surface area contributed by atoms with Crippen molar-refractivity contribution < 1.29 is 81.5 Å². The van der Waals surface area contributed by atoms with Gasteiger partial charge in [-0.2, -0.15) is 0 Å². The van der Waals surface area contributed by atoms with E-state index in [0.717, 1.165) is 21.2 Å². The zero-order valence-electron chi connectivity index (χ0n) is 60.9. The van der Waals surface area contributed by atoms with Crippen LogP contribution in [0, 0.1) is 11.6 Å². The van der Waals surface area contributed by atoms with Gasteiger partial charge in [0.25, 0.3) is 0 Å². The molecule has 576 valence electrons. The Kier molecular flexibility index (Phi) is 40.6. The van der Waals surface area contributed by atoms with Crippen LogP contribution in [0.1, 0.15) is 152 Å². The van der Waals surface area contributed by atoms with Crippen LogP contribution in [-0.2, 0) is 62.8 Å². The molecule has 0 amide bonds. The smallest absolute Gasteiger partial charge is 0.323 e. The minimum Gasteiger partial charge on any atom is -0.510 e. The molecule has 3 aliphatic heterocycles. The molecule has 15 nitrogen and oxygen atoms in total. The summed E-state index contributed by atoms with van der Waals surface area (Å²) in [5, 5.41) is 29.9. The van der Waals surface area contributed by atoms with E-state index in [1.54, 1.807) is 78.1 Å². The summed E-state index contributed by atoms with van der Waals surface area (Å²) in [4.78, 5) is 102. The molecule has 3 N–H and O–H groups in total. The SMILES string of the molecule is CC(=O)C1=C(O)C(c2ccc(Br)cc2)SC1.CC(=O)C1=C(O)C(c2ccc(C(C)(C)C)cc2)SC1.CC(=O)C1=C(O)C(c2ccc(Cl)c(Cl)c2)SC1.COC(=O)C(SCCC(C)=O)c1ccc(Cl)cc1Cl.COC(=O)C(SCCC(C)=O)c1ccc(F)cc1.COC(=O)C(SCCC(C)=O)c1cccc(F)c1. The van der Waals surface area contributed by atoms with Crippen LogP contribution in [-0.4, -0.2) is 124 Å². The fourth-order valence-electron chi connectivity index (χ4n) is 9.70. The molecule has 6 atom stereocenters. The summed E-state index contributed by atoms with van der Waals surface area (Å²) in [6.45, 7) is 15.5. The minimum atomic E-state index is -0.593. The molecule has 6 aromatic carbocycles. The van der Waals surface area contributed by atoms with Crippen LogP contribution in [0.5, 0.6) is 0 Å². The number of ketones is 6. The van der Waals surface area contributed by atoms with E-state index in [2.05, 4.69) is 61.0 Å². The summed E-state index contributed by atoms with van der Waals surface area (Å²) in [6, 6.07) is 37.9. The second kappa shape index (κ2) is 46.6. The van der Waals surface area contributed by atoms with Crippen molar-refractivity contribution in [1.29, 1.82) is 0 Å². The van der Waals surface area contributed by atoms with E-state index in [9.17, 15) is 67.3 Å². The quantitative estimate of drug-likeness (QED) is 0.0377. The number of ether oxygens (including phenoxy) is 3. The highest BCUT2D eigenvalue weighted by Gasteiger charge is 2.33. The van der Waals surface area contributed by atoms with Gasteiger partial charge >= 0.3 is 17.9 Å². The van der Waals surface area contributed by atoms with Crippen molar-refractivity contribution in [3.8, 4) is 0 Å². The fraction of sp³-hybridized carbons (Fsp3) is 0.354. The monoisotopic (exact) mass is 1720 g/mol. The van der Waals surface area contributed by atoms with Gasteiger partial charge in [-0.15, -0.1) is 70.6 Å². The van der Waals surface area contributed by atoms with Crippen LogP contribution in [0.25, 0.3) is 0 Å².